The molecular formula is C14H10F3NO2S. The third-order valence-corrected chi connectivity index (χ3v) is 2.73. The Morgan fingerprint density at radius 3 is 2.33 bits per heavy atom. The highest BCUT2D eigenvalue weighted by molar-refractivity contribution is 7.80. The number of hydrogen-bond acceptors (Lipinski definition) is 3. The van der Waals surface area contributed by atoms with Crippen molar-refractivity contribution in [3.8, 4) is 5.75 Å². The largest absolute Gasteiger partial charge is 0.573 e. The predicted octanol–water partition coefficient (Wildman–Crippen LogP) is 4.13. The topological polar surface area (TPSA) is 38.3 Å². The van der Waals surface area contributed by atoms with E-state index in [1.807, 2.05) is 0 Å². The van der Waals surface area contributed by atoms with Gasteiger partial charge in [-0.3, -0.25) is 4.79 Å². The number of carbonyl (C=O) groups excluding carboxylic acids is 1. The van der Waals surface area contributed by atoms with Crippen molar-refractivity contribution in [2.75, 3.05) is 5.32 Å². The molecule has 2 aromatic rings. The number of thiol groups is 1. The van der Waals surface area contributed by atoms with Crippen molar-refractivity contribution in [2.24, 2.45) is 0 Å². The number of rotatable bonds is 3. The van der Waals surface area contributed by atoms with E-state index >= 15 is 0 Å². The van der Waals surface area contributed by atoms with E-state index in [2.05, 4.69) is 22.7 Å². The molecule has 0 radical (unpaired) electrons. The molecule has 0 fully saturated rings. The highest BCUT2D eigenvalue weighted by atomic mass is 32.1. The summed E-state index contributed by atoms with van der Waals surface area (Å²) in [6, 6.07) is 11.5. The molecular weight excluding hydrogens is 303 g/mol. The third kappa shape index (κ3) is 4.71. The average Bonchev–Trinajstić information content (AvgIpc) is 2.39. The highest BCUT2D eigenvalue weighted by Crippen LogP contribution is 2.24. The summed E-state index contributed by atoms with van der Waals surface area (Å²) >= 11 is 4.12. The van der Waals surface area contributed by atoms with Crippen molar-refractivity contribution in [2.45, 2.75) is 11.3 Å². The molecule has 0 aromatic heterocycles. The van der Waals surface area contributed by atoms with E-state index in [1.165, 1.54) is 12.1 Å². The van der Waals surface area contributed by atoms with Crippen LogP contribution in [0.15, 0.2) is 53.4 Å². The fraction of sp³-hybridized carbons (Fsp3) is 0.0714. The van der Waals surface area contributed by atoms with E-state index in [1.54, 1.807) is 24.3 Å². The lowest BCUT2D eigenvalue weighted by Crippen LogP contribution is -2.17. The average molecular weight is 313 g/mol. The Kier molecular flexibility index (Phi) is 4.42. The molecule has 2 rings (SSSR count). The van der Waals surface area contributed by atoms with Crippen molar-refractivity contribution in [1.29, 1.82) is 0 Å². The minimum atomic E-state index is -4.74. The van der Waals surface area contributed by atoms with Crippen molar-refractivity contribution in [3.63, 3.8) is 0 Å². The molecule has 0 atom stereocenters. The van der Waals surface area contributed by atoms with E-state index in [-0.39, 0.29) is 11.7 Å². The molecule has 0 aliphatic carbocycles. The zero-order valence-electron chi connectivity index (χ0n) is 10.5. The van der Waals surface area contributed by atoms with Crippen LogP contribution in [0.2, 0.25) is 0 Å². The number of hydrogen-bond donors (Lipinski definition) is 2. The first-order valence-corrected chi connectivity index (χ1v) is 6.24. The molecule has 0 aliphatic heterocycles. The minimum Gasteiger partial charge on any atom is -0.406 e. The first-order chi connectivity index (χ1) is 9.83. The van der Waals surface area contributed by atoms with Gasteiger partial charge in [-0.1, -0.05) is 6.07 Å². The Bertz CT molecular complexity index is 641. The lowest BCUT2D eigenvalue weighted by atomic mass is 10.2. The maximum Gasteiger partial charge on any atom is 0.573 e. The normalized spacial score (nSPS) is 11.0. The lowest BCUT2D eigenvalue weighted by Gasteiger charge is -2.10. The Morgan fingerprint density at radius 2 is 1.76 bits per heavy atom. The van der Waals surface area contributed by atoms with Crippen LogP contribution in [-0.4, -0.2) is 12.3 Å². The van der Waals surface area contributed by atoms with Crippen molar-refractivity contribution >= 4 is 24.2 Å². The molecule has 0 heterocycles. The molecule has 3 nitrogen and oxygen atoms in total. The van der Waals surface area contributed by atoms with Crippen LogP contribution in [0.5, 0.6) is 5.75 Å². The number of halogens is 3. The molecule has 0 aliphatic rings. The molecule has 0 saturated heterocycles. The molecule has 1 N–H and O–H groups in total. The lowest BCUT2D eigenvalue weighted by molar-refractivity contribution is -0.274. The van der Waals surface area contributed by atoms with Crippen LogP contribution in [0.25, 0.3) is 0 Å². The van der Waals surface area contributed by atoms with E-state index in [4.69, 9.17) is 0 Å². The van der Waals surface area contributed by atoms with Crippen molar-refractivity contribution in [1.82, 2.24) is 0 Å². The zero-order valence-corrected chi connectivity index (χ0v) is 11.4. The Balaban J connectivity index is 2.05. The number of alkyl halides is 3. The number of ether oxygens (including phenoxy) is 1. The summed E-state index contributed by atoms with van der Waals surface area (Å²) in [5, 5.41) is 2.57. The van der Waals surface area contributed by atoms with Gasteiger partial charge in [-0.2, -0.15) is 0 Å². The van der Waals surface area contributed by atoms with Crippen LogP contribution >= 0.6 is 12.6 Å². The van der Waals surface area contributed by atoms with Crippen LogP contribution in [0, 0.1) is 0 Å². The second-order valence-corrected chi connectivity index (χ2v) is 4.59. The van der Waals surface area contributed by atoms with Gasteiger partial charge in [-0.15, -0.1) is 25.8 Å². The summed E-state index contributed by atoms with van der Waals surface area (Å²) in [5.74, 6) is -0.728. The molecule has 2 aromatic carbocycles. The number of anilines is 1. The second-order valence-electron chi connectivity index (χ2n) is 4.08. The first-order valence-electron chi connectivity index (χ1n) is 5.80. The van der Waals surface area contributed by atoms with Gasteiger partial charge in [0.1, 0.15) is 5.75 Å². The van der Waals surface area contributed by atoms with Gasteiger partial charge < -0.3 is 10.1 Å². The van der Waals surface area contributed by atoms with Crippen LogP contribution in [-0.2, 0) is 0 Å². The number of amides is 1. The van der Waals surface area contributed by atoms with Gasteiger partial charge in [0.25, 0.3) is 5.91 Å². The molecule has 0 spiro atoms. The Morgan fingerprint density at radius 1 is 1.10 bits per heavy atom. The SMILES string of the molecule is O=C(Nc1ccc(OC(F)(F)F)cc1)c1cccc(S)c1. The van der Waals surface area contributed by atoms with Gasteiger partial charge in [-0.25, -0.2) is 0 Å². The van der Waals surface area contributed by atoms with Gasteiger partial charge in [0, 0.05) is 16.1 Å². The summed E-state index contributed by atoms with van der Waals surface area (Å²) in [5.41, 5.74) is 0.761. The van der Waals surface area contributed by atoms with E-state index in [9.17, 15) is 18.0 Å². The van der Waals surface area contributed by atoms with E-state index < -0.39 is 6.36 Å². The van der Waals surface area contributed by atoms with E-state index in [0.717, 1.165) is 12.1 Å². The summed E-state index contributed by atoms with van der Waals surface area (Å²) in [6.07, 6.45) is -4.74. The Labute approximate surface area is 124 Å². The van der Waals surface area contributed by atoms with Gasteiger partial charge >= 0.3 is 6.36 Å². The van der Waals surface area contributed by atoms with Gasteiger partial charge in [0.2, 0.25) is 0 Å². The van der Waals surface area contributed by atoms with E-state index in [0.29, 0.717) is 16.1 Å². The number of benzene rings is 2. The maximum absolute atomic E-state index is 12.0. The smallest absolute Gasteiger partial charge is 0.406 e. The molecule has 7 heteroatoms. The fourth-order valence-electron chi connectivity index (χ4n) is 1.59. The minimum absolute atomic E-state index is 0.349. The van der Waals surface area contributed by atoms with Crippen molar-refractivity contribution in [3.05, 3.63) is 54.1 Å². The number of carbonyl (C=O) groups is 1. The third-order valence-electron chi connectivity index (χ3n) is 2.45. The zero-order chi connectivity index (χ0) is 15.5. The molecule has 21 heavy (non-hydrogen) atoms. The molecule has 0 bridgehead atoms. The fourth-order valence-corrected chi connectivity index (χ4v) is 1.82. The standard InChI is InChI=1S/C14H10F3NO2S/c15-14(16,17)20-11-6-4-10(5-7-11)18-13(19)9-2-1-3-12(21)8-9/h1-8,21H,(H,18,19). The quantitative estimate of drug-likeness (QED) is 0.836. The van der Waals surface area contributed by atoms with Crippen LogP contribution in [0.1, 0.15) is 10.4 Å². The number of nitrogens with one attached hydrogen (secondary N) is 1. The maximum atomic E-state index is 12.0. The van der Waals surface area contributed by atoms with Gasteiger partial charge in [0.05, 0.1) is 0 Å². The summed E-state index contributed by atoms with van der Waals surface area (Å²) < 4.78 is 39.8. The van der Waals surface area contributed by atoms with Gasteiger partial charge in [0.15, 0.2) is 0 Å². The van der Waals surface area contributed by atoms with Crippen LogP contribution in [0.4, 0.5) is 18.9 Å². The predicted molar refractivity (Wildman–Crippen MR) is 74.8 cm³/mol. The molecule has 0 unspecified atom stereocenters. The summed E-state index contributed by atoms with van der Waals surface area (Å²) in [7, 11) is 0. The highest BCUT2D eigenvalue weighted by Gasteiger charge is 2.30. The Hall–Kier alpha value is -2.15. The molecule has 0 saturated carbocycles. The monoisotopic (exact) mass is 313 g/mol. The van der Waals surface area contributed by atoms with Crippen LogP contribution in [0.3, 0.4) is 0 Å². The van der Waals surface area contributed by atoms with Crippen molar-refractivity contribution < 1.29 is 22.7 Å². The first kappa shape index (κ1) is 15.2. The summed E-state index contributed by atoms with van der Waals surface area (Å²) in [4.78, 5) is 12.6. The van der Waals surface area contributed by atoms with Gasteiger partial charge in [-0.05, 0) is 42.5 Å². The molecule has 110 valence electrons. The summed E-state index contributed by atoms with van der Waals surface area (Å²) in [6.45, 7) is 0. The second kappa shape index (κ2) is 6.09. The van der Waals surface area contributed by atoms with Crippen LogP contribution < -0.4 is 10.1 Å². The molecule has 1 amide bonds.